The van der Waals surface area contributed by atoms with Crippen LogP contribution < -0.4 is 0 Å². The number of hydrogen-bond acceptors (Lipinski definition) is 0. The molecule has 0 saturated heterocycles. The van der Waals surface area contributed by atoms with Gasteiger partial charge >= 0.3 is 0 Å². The van der Waals surface area contributed by atoms with Gasteiger partial charge < -0.3 is 0 Å². The molecular formula is C44H58. The molecular weight excluding hydrogens is 528 g/mol. The first-order valence-corrected chi connectivity index (χ1v) is 18.0. The van der Waals surface area contributed by atoms with Crippen LogP contribution in [0.15, 0.2) is 85.0 Å². The maximum Gasteiger partial charge on any atom is -0.00875 e. The molecule has 0 aromatic heterocycles. The van der Waals surface area contributed by atoms with Crippen molar-refractivity contribution in [3.05, 3.63) is 107 Å². The molecule has 4 aliphatic carbocycles. The first kappa shape index (κ1) is 31.4. The highest BCUT2D eigenvalue weighted by Crippen LogP contribution is 2.56. The van der Waals surface area contributed by atoms with Gasteiger partial charge in [-0.25, -0.2) is 0 Å². The summed E-state index contributed by atoms with van der Waals surface area (Å²) in [5.41, 5.74) is 9.33. The van der Waals surface area contributed by atoms with Crippen molar-refractivity contribution in [1.82, 2.24) is 0 Å². The van der Waals surface area contributed by atoms with Gasteiger partial charge in [0.2, 0.25) is 0 Å². The minimum Gasteiger partial charge on any atom is -0.0805 e. The Morgan fingerprint density at radius 1 is 0.545 bits per heavy atom. The SMILES string of the molecule is CCC1C[C@H]2C(c3ccc(C(C)(C)C)cc3)=CC=CC2C1CCC1C(CC)C[C@H]2C(c3ccc(C(C)(C)C)cc3)=CC=CC12. The van der Waals surface area contributed by atoms with Crippen LogP contribution in [-0.2, 0) is 10.8 Å². The predicted octanol–water partition coefficient (Wildman–Crippen LogP) is 12.2. The molecule has 2 aromatic rings. The Hall–Kier alpha value is -2.60. The second kappa shape index (κ2) is 12.3. The first-order chi connectivity index (χ1) is 21.0. The molecule has 8 atom stereocenters. The van der Waals surface area contributed by atoms with Gasteiger partial charge in [-0.15, -0.1) is 0 Å². The number of fused-ring (bicyclic) bond motifs is 2. The Kier molecular flexibility index (Phi) is 8.78. The van der Waals surface area contributed by atoms with Gasteiger partial charge in [-0.05, 0) is 117 Å². The molecule has 0 heteroatoms. The van der Waals surface area contributed by atoms with Crippen molar-refractivity contribution in [2.45, 2.75) is 105 Å². The summed E-state index contributed by atoms with van der Waals surface area (Å²) in [5, 5.41) is 0. The average molecular weight is 587 g/mol. The molecule has 0 N–H and O–H groups in total. The molecule has 0 radical (unpaired) electrons. The average Bonchev–Trinajstić information content (AvgIpc) is 3.56. The Balaban J connectivity index is 1.17. The van der Waals surface area contributed by atoms with Crippen molar-refractivity contribution in [3.8, 4) is 0 Å². The lowest BCUT2D eigenvalue weighted by Crippen LogP contribution is -2.23. The molecule has 6 unspecified atom stereocenters. The van der Waals surface area contributed by atoms with E-state index in [1.165, 1.54) is 60.8 Å². The van der Waals surface area contributed by atoms with Gasteiger partial charge in [-0.2, -0.15) is 0 Å². The van der Waals surface area contributed by atoms with Crippen molar-refractivity contribution in [2.24, 2.45) is 47.3 Å². The molecule has 4 aliphatic rings. The molecule has 234 valence electrons. The van der Waals surface area contributed by atoms with Crippen LogP contribution in [0.4, 0.5) is 0 Å². The molecule has 0 heterocycles. The number of benzene rings is 2. The van der Waals surface area contributed by atoms with Gasteiger partial charge in [-0.1, -0.05) is 153 Å². The second-order valence-corrected chi connectivity index (χ2v) is 16.7. The molecule has 6 rings (SSSR count). The number of rotatable bonds is 7. The maximum atomic E-state index is 2.59. The largest absolute Gasteiger partial charge is 0.0805 e. The van der Waals surface area contributed by atoms with Gasteiger partial charge in [-0.3, -0.25) is 0 Å². The van der Waals surface area contributed by atoms with Gasteiger partial charge in [0.05, 0.1) is 0 Å². The minimum atomic E-state index is 0.199. The van der Waals surface area contributed by atoms with Crippen molar-refractivity contribution in [3.63, 3.8) is 0 Å². The lowest BCUT2D eigenvalue weighted by molar-refractivity contribution is 0.240. The van der Waals surface area contributed by atoms with E-state index in [9.17, 15) is 0 Å². The number of hydrogen-bond donors (Lipinski definition) is 0. The van der Waals surface area contributed by atoms with Crippen molar-refractivity contribution in [2.75, 3.05) is 0 Å². The third kappa shape index (κ3) is 6.00. The minimum absolute atomic E-state index is 0.199. The molecule has 0 bridgehead atoms. The molecule has 2 saturated carbocycles. The summed E-state index contributed by atoms with van der Waals surface area (Å²) in [7, 11) is 0. The molecule has 0 spiro atoms. The summed E-state index contributed by atoms with van der Waals surface area (Å²) in [6.45, 7) is 18.8. The number of allylic oxidation sites excluding steroid dienone is 8. The zero-order valence-electron chi connectivity index (χ0n) is 28.9. The van der Waals surface area contributed by atoms with Crippen LogP contribution in [0.5, 0.6) is 0 Å². The smallest absolute Gasteiger partial charge is 0.00875 e. The van der Waals surface area contributed by atoms with Crippen LogP contribution in [0.3, 0.4) is 0 Å². The Bertz CT molecular complexity index is 1300. The predicted molar refractivity (Wildman–Crippen MR) is 191 cm³/mol. The van der Waals surface area contributed by atoms with Crippen molar-refractivity contribution in [1.29, 1.82) is 0 Å². The maximum absolute atomic E-state index is 2.59. The third-order valence-electron chi connectivity index (χ3n) is 12.3. The van der Waals surface area contributed by atoms with Crippen molar-refractivity contribution < 1.29 is 0 Å². The van der Waals surface area contributed by atoms with Crippen LogP contribution in [0.1, 0.15) is 116 Å². The van der Waals surface area contributed by atoms with Gasteiger partial charge in [0.1, 0.15) is 0 Å². The fourth-order valence-electron chi connectivity index (χ4n) is 9.71. The molecule has 44 heavy (non-hydrogen) atoms. The molecule has 0 nitrogen and oxygen atoms in total. The van der Waals surface area contributed by atoms with Crippen LogP contribution in [-0.4, -0.2) is 0 Å². The van der Waals surface area contributed by atoms with E-state index in [-0.39, 0.29) is 10.8 Å². The highest BCUT2D eigenvalue weighted by Gasteiger charge is 2.46. The molecule has 2 aromatic carbocycles. The van der Waals surface area contributed by atoms with Gasteiger partial charge in [0, 0.05) is 0 Å². The van der Waals surface area contributed by atoms with Gasteiger partial charge in [0.15, 0.2) is 0 Å². The zero-order valence-corrected chi connectivity index (χ0v) is 28.9. The van der Waals surface area contributed by atoms with Crippen molar-refractivity contribution >= 4 is 11.1 Å². The summed E-state index contributed by atoms with van der Waals surface area (Å²) in [5.74, 6) is 6.02. The molecule has 0 amide bonds. The summed E-state index contributed by atoms with van der Waals surface area (Å²) in [6, 6.07) is 19.1. The molecule has 0 aliphatic heterocycles. The third-order valence-corrected chi connectivity index (χ3v) is 12.3. The molecule has 2 fully saturated rings. The standard InChI is InChI=1S/C44H58/c1-9-29-27-41-35(31-17-21-33(22-18-31)43(3,4)5)13-11-15-39(41)37(29)25-26-38-30(10-2)28-42-36(14-12-16-40(38)42)32-19-23-34(24-20-32)44(6,7)8/h11-24,29-30,37-42H,9-10,25-28H2,1-8H3/t29?,30?,37?,38?,39?,40?,41-,42-/m0/s1. The Labute approximate surface area is 269 Å². The fourth-order valence-corrected chi connectivity index (χ4v) is 9.71. The monoisotopic (exact) mass is 586 g/mol. The Morgan fingerprint density at radius 2 is 0.909 bits per heavy atom. The van der Waals surface area contributed by atoms with Crippen LogP contribution >= 0.6 is 0 Å². The van der Waals surface area contributed by atoms with E-state index in [1.54, 1.807) is 11.1 Å². The van der Waals surface area contributed by atoms with Crippen LogP contribution in [0.25, 0.3) is 11.1 Å². The summed E-state index contributed by atoms with van der Waals surface area (Å²) in [4.78, 5) is 0. The lowest BCUT2D eigenvalue weighted by atomic mass is 9.73. The van der Waals surface area contributed by atoms with E-state index in [2.05, 4.69) is 140 Å². The second-order valence-electron chi connectivity index (χ2n) is 16.7. The van der Waals surface area contributed by atoms with E-state index >= 15 is 0 Å². The van der Waals surface area contributed by atoms with E-state index in [0.29, 0.717) is 23.7 Å². The van der Waals surface area contributed by atoms with Gasteiger partial charge in [0.25, 0.3) is 0 Å². The van der Waals surface area contributed by atoms with Crippen LogP contribution in [0, 0.1) is 47.3 Å². The first-order valence-electron chi connectivity index (χ1n) is 18.0. The van der Waals surface area contributed by atoms with E-state index in [0.717, 1.165) is 23.7 Å². The zero-order chi connectivity index (χ0) is 31.2. The summed E-state index contributed by atoms with van der Waals surface area (Å²) < 4.78 is 0. The highest BCUT2D eigenvalue weighted by molar-refractivity contribution is 5.72. The lowest BCUT2D eigenvalue weighted by Gasteiger charge is -2.32. The quantitative estimate of drug-likeness (QED) is 0.303. The van der Waals surface area contributed by atoms with E-state index < -0.39 is 0 Å². The fraction of sp³-hybridized carbons (Fsp3) is 0.545. The summed E-state index contributed by atoms with van der Waals surface area (Å²) >= 11 is 0. The normalized spacial score (nSPS) is 31.5. The van der Waals surface area contributed by atoms with Crippen LogP contribution in [0.2, 0.25) is 0 Å². The Morgan fingerprint density at radius 3 is 1.23 bits per heavy atom. The summed E-state index contributed by atoms with van der Waals surface area (Å²) in [6.07, 6.45) is 23.0. The topological polar surface area (TPSA) is 0 Å². The van der Waals surface area contributed by atoms with E-state index in [4.69, 9.17) is 0 Å². The van der Waals surface area contributed by atoms with E-state index in [1.807, 2.05) is 0 Å². The highest BCUT2D eigenvalue weighted by atomic mass is 14.5.